The Kier molecular flexibility index (Phi) is 6.12. The van der Waals surface area contributed by atoms with Crippen LogP contribution in [0, 0.1) is 0 Å². The van der Waals surface area contributed by atoms with Gasteiger partial charge in [0, 0.05) is 0 Å². The number of benzene rings is 1. The summed E-state index contributed by atoms with van der Waals surface area (Å²) in [6.07, 6.45) is -2.17. The molecule has 1 saturated heterocycles. The maximum absolute atomic E-state index is 12.0. The summed E-state index contributed by atoms with van der Waals surface area (Å²) in [7, 11) is 3.59. The van der Waals surface area contributed by atoms with Gasteiger partial charge in [0.15, 0.2) is 0 Å². The highest BCUT2D eigenvalue weighted by Crippen LogP contribution is 2.26. The second-order valence-electron chi connectivity index (χ2n) is 6.02. The third kappa shape index (κ3) is 4.09. The summed E-state index contributed by atoms with van der Waals surface area (Å²) in [6, 6.07) is 8.21. The van der Waals surface area contributed by atoms with Gasteiger partial charge in [0.2, 0.25) is 0 Å². The van der Waals surface area contributed by atoms with Crippen LogP contribution in [0.25, 0.3) is 0 Å². The molecule has 1 fully saturated rings. The molecule has 0 spiro atoms. The number of aliphatic hydroxyl groups excluding tert-OH is 2. The van der Waals surface area contributed by atoms with Gasteiger partial charge >= 0.3 is 5.97 Å². The lowest BCUT2D eigenvalue weighted by Gasteiger charge is -2.45. The fraction of sp³-hybridized carbons (Fsp3) is 0.588. The molecule has 2 N–H and O–H groups in total. The van der Waals surface area contributed by atoms with Gasteiger partial charge in [-0.05, 0) is 32.6 Å². The minimum atomic E-state index is -0.939. The summed E-state index contributed by atoms with van der Waals surface area (Å²) >= 11 is 0. The van der Waals surface area contributed by atoms with E-state index in [-0.39, 0.29) is 6.61 Å². The number of carbonyl (C=O) groups excluding carboxylic acids is 1. The quantitative estimate of drug-likeness (QED) is 0.776. The van der Waals surface area contributed by atoms with Crippen molar-refractivity contribution in [1.82, 2.24) is 4.90 Å². The van der Waals surface area contributed by atoms with Crippen LogP contribution >= 0.6 is 0 Å². The van der Waals surface area contributed by atoms with Gasteiger partial charge in [0.1, 0.15) is 18.8 Å². The average Bonchev–Trinajstić information content (AvgIpc) is 2.54. The summed E-state index contributed by atoms with van der Waals surface area (Å²) in [5.41, 5.74) is 0.453. The second kappa shape index (κ2) is 7.88. The molecule has 6 nitrogen and oxygen atoms in total. The number of ether oxygens (including phenoxy) is 2. The van der Waals surface area contributed by atoms with Gasteiger partial charge in [0.25, 0.3) is 0 Å². The first-order valence-corrected chi connectivity index (χ1v) is 7.85. The molecule has 0 bridgehead atoms. The number of nitrogens with zero attached hydrogens (tertiary/aromatic N) is 1. The minimum absolute atomic E-state index is 0.0531. The molecule has 5 atom stereocenters. The Morgan fingerprint density at radius 3 is 2.35 bits per heavy atom. The molecule has 0 unspecified atom stereocenters. The Balaban J connectivity index is 2.02. The third-order valence-corrected chi connectivity index (χ3v) is 4.20. The van der Waals surface area contributed by atoms with Crippen molar-refractivity contribution in [2.75, 3.05) is 20.7 Å². The van der Waals surface area contributed by atoms with Crippen LogP contribution < -0.4 is 0 Å². The van der Waals surface area contributed by atoms with Crippen LogP contribution in [0.5, 0.6) is 0 Å². The highest BCUT2D eigenvalue weighted by atomic mass is 16.6. The molecule has 2 rings (SSSR count). The van der Waals surface area contributed by atoms with Gasteiger partial charge in [-0.15, -0.1) is 0 Å². The molecule has 0 aromatic heterocycles. The Labute approximate surface area is 136 Å². The molecule has 23 heavy (non-hydrogen) atoms. The van der Waals surface area contributed by atoms with E-state index in [9.17, 15) is 15.0 Å². The van der Waals surface area contributed by atoms with Crippen LogP contribution in [0.2, 0.25) is 0 Å². The van der Waals surface area contributed by atoms with Crippen molar-refractivity contribution < 1.29 is 24.5 Å². The fourth-order valence-electron chi connectivity index (χ4n) is 2.93. The zero-order valence-corrected chi connectivity index (χ0v) is 13.8. The average molecular weight is 323 g/mol. The molecule has 1 aromatic carbocycles. The van der Waals surface area contributed by atoms with Crippen LogP contribution in [0.3, 0.4) is 0 Å². The molecule has 0 radical (unpaired) electrons. The molecule has 6 heteroatoms. The number of esters is 1. The van der Waals surface area contributed by atoms with E-state index >= 15 is 0 Å². The highest BCUT2D eigenvalue weighted by molar-refractivity contribution is 5.89. The van der Waals surface area contributed by atoms with Crippen molar-refractivity contribution in [1.29, 1.82) is 0 Å². The Hall–Kier alpha value is -1.47. The fourth-order valence-corrected chi connectivity index (χ4v) is 2.93. The number of likely N-dealkylation sites (N-methyl/N-ethyl adjacent to an activating group) is 1. The summed E-state index contributed by atoms with van der Waals surface area (Å²) in [6.45, 7) is 1.85. The number of hydrogen-bond donors (Lipinski definition) is 2. The predicted octanol–water partition coefficient (Wildman–Crippen LogP) is 0.673. The van der Waals surface area contributed by atoms with Gasteiger partial charge in [-0.3, -0.25) is 0 Å². The summed E-state index contributed by atoms with van der Waals surface area (Å²) in [4.78, 5) is 13.8. The number of hydrogen-bond acceptors (Lipinski definition) is 6. The standard InChI is InChI=1S/C17H25NO5/c1-4-12-15(19)14(18(2)3)16(20)13(23-12)10-22-17(21)11-8-6-5-7-9-11/h5-9,12-16,19-20H,4,10H2,1-3H3/t12-,13+,14+,15-,16+/m0/s1. The van der Waals surface area contributed by atoms with Crippen molar-refractivity contribution in [3.8, 4) is 0 Å². The first-order chi connectivity index (χ1) is 11.0. The van der Waals surface area contributed by atoms with Gasteiger partial charge in [-0.1, -0.05) is 25.1 Å². The Bertz CT molecular complexity index is 507. The van der Waals surface area contributed by atoms with Crippen molar-refractivity contribution in [2.24, 2.45) is 0 Å². The summed E-state index contributed by atoms with van der Waals surface area (Å²) in [5.74, 6) is -0.457. The van der Waals surface area contributed by atoms with E-state index in [1.54, 1.807) is 43.3 Å². The van der Waals surface area contributed by atoms with Crippen LogP contribution in [0.15, 0.2) is 30.3 Å². The molecule has 0 saturated carbocycles. The molecular weight excluding hydrogens is 298 g/mol. The van der Waals surface area contributed by atoms with Gasteiger partial charge in [0.05, 0.1) is 23.8 Å². The van der Waals surface area contributed by atoms with Gasteiger partial charge < -0.3 is 24.6 Å². The van der Waals surface area contributed by atoms with Crippen LogP contribution in [-0.4, -0.2) is 72.2 Å². The topological polar surface area (TPSA) is 79.2 Å². The summed E-state index contributed by atoms with van der Waals surface area (Å²) in [5, 5.41) is 20.8. The molecule has 1 aromatic rings. The third-order valence-electron chi connectivity index (χ3n) is 4.20. The van der Waals surface area contributed by atoms with Crippen molar-refractivity contribution in [3.63, 3.8) is 0 Å². The van der Waals surface area contributed by atoms with Crippen LogP contribution in [0.1, 0.15) is 23.7 Å². The largest absolute Gasteiger partial charge is 0.459 e. The van der Waals surface area contributed by atoms with E-state index in [4.69, 9.17) is 9.47 Å². The predicted molar refractivity (Wildman–Crippen MR) is 85.2 cm³/mol. The van der Waals surface area contributed by atoms with E-state index in [1.807, 2.05) is 13.0 Å². The smallest absolute Gasteiger partial charge is 0.338 e. The molecule has 1 heterocycles. The normalized spacial score (nSPS) is 31.1. The Morgan fingerprint density at radius 2 is 1.78 bits per heavy atom. The summed E-state index contributed by atoms with van der Waals surface area (Å²) < 4.78 is 11.0. The lowest BCUT2D eigenvalue weighted by Crippen LogP contribution is -2.63. The van der Waals surface area contributed by atoms with E-state index in [0.29, 0.717) is 12.0 Å². The minimum Gasteiger partial charge on any atom is -0.459 e. The van der Waals surface area contributed by atoms with Crippen LogP contribution in [0.4, 0.5) is 0 Å². The van der Waals surface area contributed by atoms with Gasteiger partial charge in [-0.2, -0.15) is 0 Å². The van der Waals surface area contributed by atoms with Gasteiger partial charge in [-0.25, -0.2) is 4.79 Å². The lowest BCUT2D eigenvalue weighted by molar-refractivity contribution is -0.209. The molecular formula is C17H25NO5. The molecule has 0 amide bonds. The molecule has 1 aliphatic heterocycles. The number of carbonyl (C=O) groups is 1. The Morgan fingerprint density at radius 1 is 1.17 bits per heavy atom. The van der Waals surface area contributed by atoms with Crippen molar-refractivity contribution in [2.45, 2.75) is 43.8 Å². The maximum Gasteiger partial charge on any atom is 0.338 e. The number of rotatable bonds is 5. The lowest BCUT2D eigenvalue weighted by atomic mass is 9.90. The number of aliphatic hydroxyl groups is 2. The molecule has 1 aliphatic rings. The highest BCUT2D eigenvalue weighted by Gasteiger charge is 2.45. The first kappa shape index (κ1) is 17.9. The van der Waals surface area contributed by atoms with Crippen molar-refractivity contribution in [3.05, 3.63) is 35.9 Å². The molecule has 0 aliphatic carbocycles. The van der Waals surface area contributed by atoms with Crippen LogP contribution in [-0.2, 0) is 9.47 Å². The molecule has 128 valence electrons. The zero-order valence-electron chi connectivity index (χ0n) is 13.8. The maximum atomic E-state index is 12.0. The first-order valence-electron chi connectivity index (χ1n) is 7.85. The van der Waals surface area contributed by atoms with E-state index in [0.717, 1.165) is 0 Å². The van der Waals surface area contributed by atoms with E-state index in [1.165, 1.54) is 0 Å². The SMILES string of the molecule is CC[C@@H]1O[C@H](COC(=O)c2ccccc2)[C@@H](O)[C@H](N(C)C)[C@H]1O. The van der Waals surface area contributed by atoms with E-state index in [2.05, 4.69) is 0 Å². The monoisotopic (exact) mass is 323 g/mol. The van der Waals surface area contributed by atoms with Crippen molar-refractivity contribution >= 4 is 5.97 Å². The van der Waals surface area contributed by atoms with E-state index < -0.39 is 36.4 Å². The second-order valence-corrected chi connectivity index (χ2v) is 6.02. The zero-order chi connectivity index (χ0) is 17.0.